The van der Waals surface area contributed by atoms with Crippen LogP contribution in [-0.2, 0) is 19.2 Å². The van der Waals surface area contributed by atoms with Gasteiger partial charge in [-0.2, -0.15) is 0 Å². The first-order valence-electron chi connectivity index (χ1n) is 7.59. The average Bonchev–Trinajstić information content (AvgIpc) is 2.55. The van der Waals surface area contributed by atoms with E-state index in [4.69, 9.17) is 24.9 Å². The second kappa shape index (κ2) is 8.60. The monoisotopic (exact) mass is 346 g/mol. The zero-order chi connectivity index (χ0) is 18.3. The lowest BCUT2D eigenvalue weighted by atomic mass is 9.78. The average molecular weight is 346 g/mol. The minimum absolute atomic E-state index is 0.229. The Labute approximate surface area is 138 Å². The SMILES string of the molecule is O=C(O)C(=O)O.O=C(O)C1CCC(O)(C(=O)N2CCNCC2)CC1. The Balaban J connectivity index is 0.000000413. The lowest BCUT2D eigenvalue weighted by Gasteiger charge is -2.38. The molecular formula is C14H22N2O8. The van der Waals surface area contributed by atoms with E-state index in [1.54, 1.807) is 4.90 Å². The van der Waals surface area contributed by atoms with Crippen molar-refractivity contribution in [3.8, 4) is 0 Å². The van der Waals surface area contributed by atoms with Crippen molar-refractivity contribution in [3.63, 3.8) is 0 Å². The summed E-state index contributed by atoms with van der Waals surface area (Å²) < 4.78 is 0. The van der Waals surface area contributed by atoms with Gasteiger partial charge in [-0.1, -0.05) is 0 Å². The number of hydrogen-bond donors (Lipinski definition) is 5. The Morgan fingerprint density at radius 3 is 1.75 bits per heavy atom. The molecule has 2 fully saturated rings. The molecule has 1 heterocycles. The molecule has 2 aliphatic rings. The summed E-state index contributed by atoms with van der Waals surface area (Å²) in [4.78, 5) is 43.0. The van der Waals surface area contributed by atoms with E-state index in [0.717, 1.165) is 13.1 Å². The van der Waals surface area contributed by atoms with E-state index in [2.05, 4.69) is 5.32 Å². The van der Waals surface area contributed by atoms with Gasteiger partial charge in [0.15, 0.2) is 0 Å². The van der Waals surface area contributed by atoms with Crippen molar-refractivity contribution in [1.29, 1.82) is 0 Å². The van der Waals surface area contributed by atoms with Crippen LogP contribution < -0.4 is 5.32 Å². The Morgan fingerprint density at radius 2 is 1.38 bits per heavy atom. The van der Waals surface area contributed by atoms with Crippen LogP contribution in [-0.4, -0.2) is 80.9 Å². The predicted molar refractivity (Wildman–Crippen MR) is 79.3 cm³/mol. The third-order valence-electron chi connectivity index (χ3n) is 4.15. The van der Waals surface area contributed by atoms with Gasteiger partial charge in [-0.3, -0.25) is 9.59 Å². The van der Waals surface area contributed by atoms with Gasteiger partial charge in [-0.25, -0.2) is 9.59 Å². The number of carboxylic acids is 3. The van der Waals surface area contributed by atoms with Crippen LogP contribution in [0.4, 0.5) is 0 Å². The van der Waals surface area contributed by atoms with Crippen molar-refractivity contribution in [2.75, 3.05) is 26.2 Å². The standard InChI is InChI=1S/C12H20N2O4.C2H2O4/c15-10(16)9-1-3-12(18,4-2-9)11(17)14-7-5-13-6-8-14;3-1(4)2(5)6/h9,13,18H,1-8H2,(H,15,16);(H,3,4)(H,5,6). The number of hydrogen-bond acceptors (Lipinski definition) is 6. The second-order valence-corrected chi connectivity index (χ2v) is 5.80. The summed E-state index contributed by atoms with van der Waals surface area (Å²) in [6.07, 6.45) is 1.27. The first-order chi connectivity index (χ1) is 11.2. The highest BCUT2D eigenvalue weighted by molar-refractivity contribution is 6.27. The van der Waals surface area contributed by atoms with Crippen LogP contribution in [0.15, 0.2) is 0 Å². The summed E-state index contributed by atoms with van der Waals surface area (Å²) in [5.41, 5.74) is -1.34. The smallest absolute Gasteiger partial charge is 0.414 e. The highest BCUT2D eigenvalue weighted by Gasteiger charge is 2.43. The molecule has 24 heavy (non-hydrogen) atoms. The minimum Gasteiger partial charge on any atom is -0.481 e. The number of piperazine rings is 1. The van der Waals surface area contributed by atoms with Gasteiger partial charge in [0.2, 0.25) is 0 Å². The molecule has 0 aromatic carbocycles. The van der Waals surface area contributed by atoms with Crippen LogP contribution in [0.1, 0.15) is 25.7 Å². The topological polar surface area (TPSA) is 164 Å². The molecule has 0 radical (unpaired) electrons. The lowest BCUT2D eigenvalue weighted by molar-refractivity contribution is -0.160. The Kier molecular flexibility index (Phi) is 7.11. The molecule has 0 atom stereocenters. The van der Waals surface area contributed by atoms with Crippen molar-refractivity contribution < 1.29 is 39.6 Å². The summed E-state index contributed by atoms with van der Waals surface area (Å²) in [5.74, 6) is -5.12. The number of nitrogens with zero attached hydrogens (tertiary/aromatic N) is 1. The van der Waals surface area contributed by atoms with E-state index in [9.17, 15) is 14.7 Å². The maximum absolute atomic E-state index is 12.3. The number of carboxylic acid groups (broad SMARTS) is 3. The molecule has 1 aliphatic carbocycles. The second-order valence-electron chi connectivity index (χ2n) is 5.80. The zero-order valence-electron chi connectivity index (χ0n) is 13.1. The summed E-state index contributed by atoms with van der Waals surface area (Å²) in [5, 5.41) is 37.2. The predicted octanol–water partition coefficient (Wildman–Crippen LogP) is -1.42. The van der Waals surface area contributed by atoms with Gasteiger partial charge < -0.3 is 30.6 Å². The molecule has 0 unspecified atom stereocenters. The quantitative estimate of drug-likeness (QED) is 0.377. The van der Waals surface area contributed by atoms with Gasteiger partial charge in [-0.05, 0) is 25.7 Å². The summed E-state index contributed by atoms with van der Waals surface area (Å²) in [6, 6.07) is 0. The number of amides is 1. The number of nitrogens with one attached hydrogen (secondary N) is 1. The van der Waals surface area contributed by atoms with Crippen LogP contribution in [0.5, 0.6) is 0 Å². The first kappa shape index (κ1) is 19.8. The van der Waals surface area contributed by atoms with E-state index in [0.29, 0.717) is 25.9 Å². The number of rotatable bonds is 2. The zero-order valence-corrected chi connectivity index (χ0v) is 13.1. The van der Waals surface area contributed by atoms with Gasteiger partial charge in [0, 0.05) is 26.2 Å². The van der Waals surface area contributed by atoms with E-state index in [1.807, 2.05) is 0 Å². The van der Waals surface area contributed by atoms with Crippen LogP contribution in [0, 0.1) is 5.92 Å². The van der Waals surface area contributed by atoms with Crippen LogP contribution in [0.3, 0.4) is 0 Å². The molecule has 1 saturated carbocycles. The third kappa shape index (κ3) is 5.46. The lowest BCUT2D eigenvalue weighted by Crippen LogP contribution is -2.56. The molecule has 10 heteroatoms. The minimum atomic E-state index is -1.82. The normalized spacial score (nSPS) is 26.7. The molecule has 5 N–H and O–H groups in total. The van der Waals surface area contributed by atoms with Gasteiger partial charge in [0.25, 0.3) is 5.91 Å². The summed E-state index contributed by atoms with van der Waals surface area (Å²) >= 11 is 0. The molecule has 10 nitrogen and oxygen atoms in total. The van der Waals surface area contributed by atoms with Gasteiger partial charge in [0.1, 0.15) is 5.60 Å². The Bertz CT molecular complexity index is 481. The fraction of sp³-hybridized carbons (Fsp3) is 0.714. The molecule has 0 spiro atoms. The fourth-order valence-corrected chi connectivity index (χ4v) is 2.72. The summed E-state index contributed by atoms with van der Waals surface area (Å²) in [7, 11) is 0. The first-order valence-corrected chi connectivity index (χ1v) is 7.59. The van der Waals surface area contributed by atoms with Crippen molar-refractivity contribution in [2.24, 2.45) is 5.92 Å². The van der Waals surface area contributed by atoms with Crippen LogP contribution >= 0.6 is 0 Å². The highest BCUT2D eigenvalue weighted by atomic mass is 16.4. The van der Waals surface area contributed by atoms with E-state index in [1.165, 1.54) is 0 Å². The maximum atomic E-state index is 12.3. The molecule has 0 aromatic heterocycles. The van der Waals surface area contributed by atoms with Crippen molar-refractivity contribution in [3.05, 3.63) is 0 Å². The fourth-order valence-electron chi connectivity index (χ4n) is 2.72. The van der Waals surface area contributed by atoms with E-state index in [-0.39, 0.29) is 18.7 Å². The Morgan fingerprint density at radius 1 is 0.917 bits per heavy atom. The summed E-state index contributed by atoms with van der Waals surface area (Å²) in [6.45, 7) is 2.73. The molecule has 0 bridgehead atoms. The largest absolute Gasteiger partial charge is 0.481 e. The van der Waals surface area contributed by atoms with Crippen molar-refractivity contribution >= 4 is 23.8 Å². The van der Waals surface area contributed by atoms with Gasteiger partial charge in [-0.15, -0.1) is 0 Å². The van der Waals surface area contributed by atoms with Gasteiger partial charge >= 0.3 is 17.9 Å². The third-order valence-corrected chi connectivity index (χ3v) is 4.15. The number of carbonyl (C=O) groups is 4. The number of aliphatic hydroxyl groups is 1. The molecule has 2 rings (SSSR count). The molecular weight excluding hydrogens is 324 g/mol. The van der Waals surface area contributed by atoms with Gasteiger partial charge in [0.05, 0.1) is 5.92 Å². The molecule has 1 amide bonds. The number of aliphatic carboxylic acids is 3. The highest BCUT2D eigenvalue weighted by Crippen LogP contribution is 2.33. The maximum Gasteiger partial charge on any atom is 0.414 e. The van der Waals surface area contributed by atoms with Crippen molar-refractivity contribution in [1.82, 2.24) is 10.2 Å². The van der Waals surface area contributed by atoms with E-state index >= 15 is 0 Å². The van der Waals surface area contributed by atoms with Crippen LogP contribution in [0.2, 0.25) is 0 Å². The van der Waals surface area contributed by atoms with Crippen molar-refractivity contribution in [2.45, 2.75) is 31.3 Å². The molecule has 1 saturated heterocycles. The Hall–Kier alpha value is -2.20. The molecule has 0 aromatic rings. The number of carbonyl (C=O) groups excluding carboxylic acids is 1. The molecule has 136 valence electrons. The molecule has 1 aliphatic heterocycles. The van der Waals surface area contributed by atoms with Crippen LogP contribution in [0.25, 0.3) is 0 Å². The van der Waals surface area contributed by atoms with E-state index < -0.39 is 29.4 Å².